The van der Waals surface area contributed by atoms with Crippen molar-refractivity contribution in [3.63, 3.8) is 0 Å². The van der Waals surface area contributed by atoms with Crippen molar-refractivity contribution >= 4 is 21.6 Å². The molecule has 2 aromatic heterocycles. The van der Waals surface area contributed by atoms with Gasteiger partial charge in [0, 0.05) is 29.4 Å². The molecule has 0 saturated heterocycles. The third kappa shape index (κ3) is 3.95. The molecular weight excluding hydrogens is 342 g/mol. The summed E-state index contributed by atoms with van der Waals surface area (Å²) >= 11 is 1.89. The van der Waals surface area contributed by atoms with E-state index in [1.54, 1.807) is 0 Å². The molecule has 0 atom stereocenters. The van der Waals surface area contributed by atoms with Gasteiger partial charge in [-0.2, -0.15) is 0 Å². The van der Waals surface area contributed by atoms with Gasteiger partial charge in [-0.15, -0.1) is 11.3 Å². The first-order valence-electron chi connectivity index (χ1n) is 10.4. The van der Waals surface area contributed by atoms with Crippen LogP contribution in [0.15, 0.2) is 6.07 Å². The number of nitrogens with zero attached hydrogens (tertiary/aromatic N) is 3. The van der Waals surface area contributed by atoms with Gasteiger partial charge < -0.3 is 5.11 Å². The highest BCUT2D eigenvalue weighted by atomic mass is 32.1. The van der Waals surface area contributed by atoms with E-state index in [2.05, 4.69) is 11.0 Å². The van der Waals surface area contributed by atoms with Crippen LogP contribution in [0.25, 0.3) is 10.2 Å². The van der Waals surface area contributed by atoms with Crippen molar-refractivity contribution < 1.29 is 5.11 Å². The maximum absolute atomic E-state index is 9.54. The first kappa shape index (κ1) is 18.3. The van der Waals surface area contributed by atoms with Crippen LogP contribution in [0.2, 0.25) is 0 Å². The van der Waals surface area contributed by atoms with Crippen LogP contribution in [-0.2, 0) is 6.54 Å². The van der Waals surface area contributed by atoms with Gasteiger partial charge in [0.05, 0.1) is 12.3 Å². The second-order valence-corrected chi connectivity index (χ2v) is 9.11. The lowest BCUT2D eigenvalue weighted by molar-refractivity contribution is 0.144. The quantitative estimate of drug-likeness (QED) is 0.791. The summed E-state index contributed by atoms with van der Waals surface area (Å²) in [7, 11) is 0. The molecule has 2 fully saturated rings. The number of rotatable bonds is 6. The summed E-state index contributed by atoms with van der Waals surface area (Å²) in [5.41, 5.74) is 1.16. The molecule has 0 aliphatic heterocycles. The fourth-order valence-corrected chi connectivity index (χ4v) is 6.07. The van der Waals surface area contributed by atoms with Crippen LogP contribution in [0.5, 0.6) is 0 Å². The third-order valence-corrected chi connectivity index (χ3v) is 7.38. The highest BCUT2D eigenvalue weighted by molar-refractivity contribution is 7.18. The molecule has 2 aliphatic rings. The van der Waals surface area contributed by atoms with Gasteiger partial charge in [0.25, 0.3) is 0 Å². The summed E-state index contributed by atoms with van der Waals surface area (Å²) < 4.78 is 0. The highest BCUT2D eigenvalue weighted by Crippen LogP contribution is 2.39. The molecule has 0 radical (unpaired) electrons. The van der Waals surface area contributed by atoms with Crippen molar-refractivity contribution in [3.8, 4) is 0 Å². The predicted octanol–water partition coefficient (Wildman–Crippen LogP) is 4.78. The van der Waals surface area contributed by atoms with Crippen LogP contribution < -0.4 is 0 Å². The Labute approximate surface area is 160 Å². The molecule has 4 rings (SSSR count). The number of thiophene rings is 1. The minimum absolute atomic E-state index is 0.223. The number of aliphatic hydroxyl groups is 1. The zero-order valence-corrected chi connectivity index (χ0v) is 16.7. The summed E-state index contributed by atoms with van der Waals surface area (Å²) in [5, 5.41) is 10.8. The number of hydrogen-bond donors (Lipinski definition) is 1. The minimum atomic E-state index is 0.223. The lowest BCUT2D eigenvalue weighted by Crippen LogP contribution is -2.35. The van der Waals surface area contributed by atoms with Crippen molar-refractivity contribution in [1.29, 1.82) is 0 Å². The zero-order chi connectivity index (χ0) is 17.9. The Kier molecular flexibility index (Phi) is 5.87. The van der Waals surface area contributed by atoms with E-state index in [1.807, 2.05) is 18.3 Å². The smallest absolute Gasteiger partial charge is 0.127 e. The van der Waals surface area contributed by atoms with Crippen LogP contribution in [0.4, 0.5) is 0 Å². The molecule has 0 unspecified atom stereocenters. The highest BCUT2D eigenvalue weighted by Gasteiger charge is 2.25. The van der Waals surface area contributed by atoms with Crippen LogP contribution in [0.1, 0.15) is 80.1 Å². The van der Waals surface area contributed by atoms with Crippen molar-refractivity contribution in [3.05, 3.63) is 22.5 Å². The number of fused-ring (bicyclic) bond motifs is 1. The lowest BCUT2D eigenvalue weighted by atomic mass is 9.88. The lowest BCUT2D eigenvalue weighted by Gasteiger charge is -2.28. The fraction of sp³-hybridized carbons (Fsp3) is 0.714. The van der Waals surface area contributed by atoms with E-state index >= 15 is 0 Å². The standard InChI is InChI=1S/C21H31N3OS/c1-15-22-19(14-24(11-12-25)17-9-5-6-10-17)18-13-20(26-21(18)23-15)16-7-3-2-4-8-16/h13,16-17,25H,2-12,14H2,1H3. The maximum atomic E-state index is 9.54. The number of aliphatic hydroxyl groups excluding tert-OH is 1. The largest absolute Gasteiger partial charge is 0.395 e. The summed E-state index contributed by atoms with van der Waals surface area (Å²) in [4.78, 5) is 14.7. The van der Waals surface area contributed by atoms with Gasteiger partial charge in [-0.05, 0) is 44.6 Å². The second-order valence-electron chi connectivity index (χ2n) is 8.05. The van der Waals surface area contributed by atoms with Gasteiger partial charge in [-0.25, -0.2) is 9.97 Å². The van der Waals surface area contributed by atoms with Crippen molar-refractivity contribution in [2.24, 2.45) is 0 Å². The molecule has 2 aromatic rings. The van der Waals surface area contributed by atoms with Crippen LogP contribution in [0, 0.1) is 6.92 Å². The Bertz CT molecular complexity index is 732. The number of hydrogen-bond acceptors (Lipinski definition) is 5. The van der Waals surface area contributed by atoms with Gasteiger partial charge >= 0.3 is 0 Å². The first-order chi connectivity index (χ1) is 12.7. The monoisotopic (exact) mass is 373 g/mol. The molecule has 0 amide bonds. The van der Waals surface area contributed by atoms with Gasteiger partial charge in [0.2, 0.25) is 0 Å². The Balaban J connectivity index is 1.63. The zero-order valence-electron chi connectivity index (χ0n) is 15.9. The van der Waals surface area contributed by atoms with Crippen molar-refractivity contribution in [2.45, 2.75) is 83.2 Å². The van der Waals surface area contributed by atoms with Gasteiger partial charge in [-0.1, -0.05) is 32.1 Å². The Morgan fingerprint density at radius 1 is 1.08 bits per heavy atom. The van der Waals surface area contributed by atoms with E-state index < -0.39 is 0 Å². The van der Waals surface area contributed by atoms with Gasteiger partial charge in [0.15, 0.2) is 0 Å². The number of aryl methyl sites for hydroxylation is 1. The van der Waals surface area contributed by atoms with Crippen molar-refractivity contribution in [1.82, 2.24) is 14.9 Å². The molecule has 2 saturated carbocycles. The van der Waals surface area contributed by atoms with Crippen molar-refractivity contribution in [2.75, 3.05) is 13.2 Å². The molecule has 0 spiro atoms. The fourth-order valence-electron chi connectivity index (χ4n) is 4.81. The summed E-state index contributed by atoms with van der Waals surface area (Å²) in [6.45, 7) is 3.82. The Morgan fingerprint density at radius 3 is 2.54 bits per heavy atom. The molecule has 26 heavy (non-hydrogen) atoms. The molecule has 142 valence electrons. The van der Waals surface area contributed by atoms with E-state index in [0.29, 0.717) is 6.04 Å². The third-order valence-electron chi connectivity index (χ3n) is 6.19. The molecular formula is C21H31N3OS. The molecule has 4 nitrogen and oxygen atoms in total. The second kappa shape index (κ2) is 8.32. The minimum Gasteiger partial charge on any atom is -0.395 e. The molecule has 2 heterocycles. The molecule has 2 aliphatic carbocycles. The Morgan fingerprint density at radius 2 is 1.81 bits per heavy atom. The van der Waals surface area contributed by atoms with E-state index in [0.717, 1.165) is 35.4 Å². The SMILES string of the molecule is Cc1nc(CN(CCO)C2CCCC2)c2cc(C3CCCCC3)sc2n1. The summed E-state index contributed by atoms with van der Waals surface area (Å²) in [5.74, 6) is 1.60. The van der Waals surface area contributed by atoms with Gasteiger partial charge in [-0.3, -0.25) is 4.90 Å². The van der Waals surface area contributed by atoms with Gasteiger partial charge in [0.1, 0.15) is 10.7 Å². The molecule has 0 aromatic carbocycles. The summed E-state index contributed by atoms with van der Waals surface area (Å²) in [6.07, 6.45) is 11.9. The molecule has 0 bridgehead atoms. The number of aromatic nitrogens is 2. The molecule has 1 N–H and O–H groups in total. The average molecular weight is 374 g/mol. The normalized spacial score (nSPS) is 19.8. The molecule has 5 heteroatoms. The maximum Gasteiger partial charge on any atom is 0.127 e. The van der Waals surface area contributed by atoms with Crippen LogP contribution in [-0.4, -0.2) is 39.2 Å². The summed E-state index contributed by atoms with van der Waals surface area (Å²) in [6, 6.07) is 2.99. The van der Waals surface area contributed by atoms with E-state index in [-0.39, 0.29) is 6.61 Å². The van der Waals surface area contributed by atoms with Crippen LogP contribution >= 0.6 is 11.3 Å². The van der Waals surface area contributed by atoms with E-state index in [1.165, 1.54) is 68.1 Å². The topological polar surface area (TPSA) is 49.2 Å². The van der Waals surface area contributed by atoms with E-state index in [4.69, 9.17) is 9.97 Å². The van der Waals surface area contributed by atoms with Crippen LogP contribution in [0.3, 0.4) is 0 Å². The predicted molar refractivity (Wildman–Crippen MR) is 108 cm³/mol. The van der Waals surface area contributed by atoms with E-state index in [9.17, 15) is 5.11 Å². The Hall–Kier alpha value is -1.04. The first-order valence-corrected chi connectivity index (χ1v) is 11.2. The average Bonchev–Trinajstić information content (AvgIpc) is 3.32.